The van der Waals surface area contributed by atoms with Crippen molar-refractivity contribution in [1.29, 1.82) is 0 Å². The summed E-state index contributed by atoms with van der Waals surface area (Å²) in [5.41, 5.74) is 0.569. The molecule has 0 spiro atoms. The van der Waals surface area contributed by atoms with E-state index in [4.69, 9.17) is 13.3 Å². The summed E-state index contributed by atoms with van der Waals surface area (Å²) < 4.78 is 18.9. The van der Waals surface area contributed by atoms with E-state index < -0.39 is 8.80 Å². The first-order valence-electron chi connectivity index (χ1n) is 9.40. The Kier molecular flexibility index (Phi) is 6.41. The topological polar surface area (TPSA) is 72.9 Å². The molecule has 26 heavy (non-hydrogen) atoms. The van der Waals surface area contributed by atoms with Crippen LogP contribution in [-0.4, -0.2) is 69.1 Å². The number of hydrogen-bond donors (Lipinski definition) is 1. The fraction of sp³-hybridized carbons (Fsp3) is 0.667. The summed E-state index contributed by atoms with van der Waals surface area (Å²) in [6.07, 6.45) is 4.25. The smallest absolute Gasteiger partial charge is 0.369 e. The number of rotatable bonds is 5. The number of amides is 1. The molecule has 4 heterocycles. The molecule has 8 heteroatoms. The third kappa shape index (κ3) is 5.11. The van der Waals surface area contributed by atoms with Gasteiger partial charge in [0.25, 0.3) is 5.91 Å². The van der Waals surface area contributed by atoms with Crippen molar-refractivity contribution in [3.63, 3.8) is 0 Å². The van der Waals surface area contributed by atoms with Crippen molar-refractivity contribution in [1.82, 2.24) is 15.2 Å². The molecule has 0 saturated carbocycles. The number of nitrogens with one attached hydrogen (secondary N) is 1. The van der Waals surface area contributed by atoms with Gasteiger partial charge >= 0.3 is 8.80 Å². The number of carbonyl (C=O) groups is 1. The third-order valence-electron chi connectivity index (χ3n) is 4.56. The van der Waals surface area contributed by atoms with Crippen LogP contribution in [0.3, 0.4) is 0 Å². The quantitative estimate of drug-likeness (QED) is 0.620. The van der Waals surface area contributed by atoms with Crippen molar-refractivity contribution in [3.05, 3.63) is 30.1 Å². The maximum absolute atomic E-state index is 12.1. The van der Waals surface area contributed by atoms with E-state index in [2.05, 4.69) is 36.0 Å². The van der Waals surface area contributed by atoms with Crippen molar-refractivity contribution < 1.29 is 18.1 Å². The van der Waals surface area contributed by atoms with E-state index in [1.54, 1.807) is 24.5 Å². The largest absolute Gasteiger partial charge is 0.501 e. The zero-order valence-corrected chi connectivity index (χ0v) is 16.8. The Balaban J connectivity index is 1.57. The molecular formula is C18H29N3O4Si. The van der Waals surface area contributed by atoms with Gasteiger partial charge in [-0.05, 0) is 39.3 Å². The Hall–Kier alpha value is -1.32. The summed E-state index contributed by atoms with van der Waals surface area (Å²) in [7, 11) is -2.76. The van der Waals surface area contributed by atoms with Crippen molar-refractivity contribution in [3.8, 4) is 0 Å². The fourth-order valence-corrected chi connectivity index (χ4v) is 6.90. The molecule has 3 atom stereocenters. The van der Waals surface area contributed by atoms with Crippen molar-refractivity contribution in [2.24, 2.45) is 0 Å². The second-order valence-electron chi connectivity index (χ2n) is 7.29. The molecule has 3 saturated heterocycles. The molecule has 1 amide bonds. The normalized spacial score (nSPS) is 34.6. The molecule has 1 aromatic rings. The Morgan fingerprint density at radius 1 is 1.19 bits per heavy atom. The van der Waals surface area contributed by atoms with Crippen LogP contribution in [0.4, 0.5) is 0 Å². The molecule has 3 unspecified atom stereocenters. The first-order valence-corrected chi connectivity index (χ1v) is 11.3. The van der Waals surface area contributed by atoms with E-state index in [9.17, 15) is 4.79 Å². The van der Waals surface area contributed by atoms with Gasteiger partial charge in [-0.3, -0.25) is 14.7 Å². The van der Waals surface area contributed by atoms with Gasteiger partial charge in [0.15, 0.2) is 0 Å². The lowest BCUT2D eigenvalue weighted by Crippen LogP contribution is -2.61. The van der Waals surface area contributed by atoms with E-state index in [1.807, 2.05) is 0 Å². The SMILES string of the molecule is CC1CN2CC(C)O[Si](CCCNC(=O)c3cccnc3)(O1)OC(C)C2. The molecule has 0 radical (unpaired) electrons. The summed E-state index contributed by atoms with van der Waals surface area (Å²) in [6.45, 7) is 9.53. The molecule has 4 rings (SSSR count). The number of nitrogens with zero attached hydrogens (tertiary/aromatic N) is 2. The second kappa shape index (κ2) is 8.58. The molecular weight excluding hydrogens is 350 g/mol. The minimum absolute atomic E-state index is 0.0895. The summed E-state index contributed by atoms with van der Waals surface area (Å²) in [5, 5.41) is 2.94. The van der Waals surface area contributed by atoms with Gasteiger partial charge in [0.2, 0.25) is 0 Å². The van der Waals surface area contributed by atoms with E-state index in [1.165, 1.54) is 0 Å². The summed E-state index contributed by atoms with van der Waals surface area (Å²) in [6, 6.07) is 4.22. The third-order valence-corrected chi connectivity index (χ3v) is 7.81. The van der Waals surface area contributed by atoms with Crippen LogP contribution in [-0.2, 0) is 13.3 Å². The molecule has 1 N–H and O–H groups in total. The van der Waals surface area contributed by atoms with Gasteiger partial charge in [0.05, 0.1) is 23.9 Å². The molecule has 3 fully saturated rings. The van der Waals surface area contributed by atoms with Crippen molar-refractivity contribution in [2.75, 3.05) is 26.2 Å². The van der Waals surface area contributed by atoms with E-state index in [0.29, 0.717) is 18.2 Å². The van der Waals surface area contributed by atoms with Crippen molar-refractivity contribution in [2.45, 2.75) is 51.5 Å². The molecule has 3 aliphatic rings. The van der Waals surface area contributed by atoms with Gasteiger partial charge in [-0.25, -0.2) is 0 Å². The Morgan fingerprint density at radius 3 is 2.35 bits per heavy atom. The van der Waals surface area contributed by atoms with Crippen LogP contribution in [0.2, 0.25) is 6.04 Å². The van der Waals surface area contributed by atoms with Crippen LogP contribution in [0.5, 0.6) is 0 Å². The van der Waals surface area contributed by atoms with Crippen LogP contribution in [0, 0.1) is 0 Å². The highest BCUT2D eigenvalue weighted by molar-refractivity contribution is 6.60. The van der Waals surface area contributed by atoms with Crippen molar-refractivity contribution >= 4 is 14.7 Å². The number of carbonyl (C=O) groups excluding carboxylic acids is 1. The minimum atomic E-state index is -2.76. The molecule has 3 aliphatic heterocycles. The van der Waals surface area contributed by atoms with Gasteiger partial charge in [-0.1, -0.05) is 0 Å². The van der Waals surface area contributed by atoms with E-state index >= 15 is 0 Å². The Bertz CT molecular complexity index is 567. The average Bonchev–Trinajstić information content (AvgIpc) is 2.56. The molecule has 0 aliphatic carbocycles. The van der Waals surface area contributed by atoms with Crippen LogP contribution >= 0.6 is 0 Å². The molecule has 0 aromatic carbocycles. The molecule has 1 aromatic heterocycles. The summed E-state index contributed by atoms with van der Waals surface area (Å²) in [4.78, 5) is 18.5. The van der Waals surface area contributed by atoms with Crippen LogP contribution < -0.4 is 5.32 Å². The molecule has 144 valence electrons. The van der Waals surface area contributed by atoms with Crippen LogP contribution in [0.25, 0.3) is 0 Å². The Morgan fingerprint density at radius 2 is 1.81 bits per heavy atom. The van der Waals surface area contributed by atoms with Gasteiger partial charge in [-0.15, -0.1) is 0 Å². The van der Waals surface area contributed by atoms with E-state index in [-0.39, 0.29) is 24.2 Å². The van der Waals surface area contributed by atoms with Crippen LogP contribution in [0.1, 0.15) is 37.6 Å². The minimum Gasteiger partial charge on any atom is -0.369 e. The average molecular weight is 380 g/mol. The predicted molar refractivity (Wildman–Crippen MR) is 99.8 cm³/mol. The lowest BCUT2D eigenvalue weighted by Gasteiger charge is -2.45. The molecule has 2 bridgehead atoms. The zero-order chi connectivity index (χ0) is 18.6. The maximum Gasteiger partial charge on any atom is 0.501 e. The summed E-state index contributed by atoms with van der Waals surface area (Å²) in [5.74, 6) is -0.110. The van der Waals surface area contributed by atoms with E-state index in [0.717, 1.165) is 26.1 Å². The van der Waals surface area contributed by atoms with Gasteiger partial charge in [0, 0.05) is 44.6 Å². The van der Waals surface area contributed by atoms with Crippen LogP contribution in [0.15, 0.2) is 24.5 Å². The second-order valence-corrected chi connectivity index (χ2v) is 9.86. The fourth-order valence-electron chi connectivity index (χ4n) is 3.71. The number of hydrogen-bond acceptors (Lipinski definition) is 6. The highest BCUT2D eigenvalue weighted by Crippen LogP contribution is 2.28. The number of pyridine rings is 1. The maximum atomic E-state index is 12.1. The summed E-state index contributed by atoms with van der Waals surface area (Å²) >= 11 is 0. The lowest BCUT2D eigenvalue weighted by molar-refractivity contribution is -0.0790. The highest BCUT2D eigenvalue weighted by atomic mass is 28.4. The molecule has 7 nitrogen and oxygen atoms in total. The van der Waals surface area contributed by atoms with Gasteiger partial charge in [-0.2, -0.15) is 0 Å². The lowest BCUT2D eigenvalue weighted by atomic mass is 10.2. The first kappa shape index (κ1) is 19.4. The first-order chi connectivity index (χ1) is 12.5. The predicted octanol–water partition coefficient (Wildman–Crippen LogP) is 1.68. The Labute approximate surface area is 156 Å². The monoisotopic (exact) mass is 379 g/mol. The van der Waals surface area contributed by atoms with Gasteiger partial charge < -0.3 is 18.6 Å². The highest BCUT2D eigenvalue weighted by Gasteiger charge is 2.48. The number of fused-ring (bicyclic) bond motifs is 6. The zero-order valence-electron chi connectivity index (χ0n) is 15.8. The van der Waals surface area contributed by atoms with Gasteiger partial charge in [0.1, 0.15) is 0 Å². The standard InChI is InChI=1S/C18H29N3O4Si/c1-14-11-21-12-15(2)24-26(23-14,25-16(3)13-21)9-5-8-20-18(22)17-6-4-7-19-10-17/h4,6-7,10,14-16H,5,8-9,11-13H2,1-3H3,(H,20,22). The number of aromatic nitrogens is 1.